The predicted molar refractivity (Wildman–Crippen MR) is 153 cm³/mol. The molecule has 0 radical (unpaired) electrons. The summed E-state index contributed by atoms with van der Waals surface area (Å²) in [5, 5.41) is 6.59. The Morgan fingerprint density at radius 3 is 2.46 bits per heavy atom. The van der Waals surface area contributed by atoms with Crippen molar-refractivity contribution in [3.63, 3.8) is 0 Å². The van der Waals surface area contributed by atoms with Crippen molar-refractivity contribution in [1.82, 2.24) is 9.55 Å². The number of nitrogens with zero attached hydrogens (tertiary/aromatic N) is 1. The van der Waals surface area contributed by atoms with E-state index in [-0.39, 0.29) is 18.8 Å². The first-order valence-electron chi connectivity index (χ1n) is 13.0. The van der Waals surface area contributed by atoms with Gasteiger partial charge in [0.2, 0.25) is 0 Å². The lowest BCUT2D eigenvalue weighted by atomic mass is 9.92. The largest absolute Gasteiger partial charge is 0.381 e. The first-order valence-corrected chi connectivity index (χ1v) is 15.0. The number of hydrogen-bond acceptors (Lipinski definition) is 7. The summed E-state index contributed by atoms with van der Waals surface area (Å²) < 4.78 is 36.0. The zero-order valence-corrected chi connectivity index (χ0v) is 23.0. The number of fused-ring (bicyclic) bond motifs is 2. The van der Waals surface area contributed by atoms with Crippen molar-refractivity contribution >= 4 is 39.9 Å². The third kappa shape index (κ3) is 4.21. The van der Waals surface area contributed by atoms with Crippen LogP contribution in [0.1, 0.15) is 17.4 Å². The lowest BCUT2D eigenvalue weighted by Gasteiger charge is -2.31. The van der Waals surface area contributed by atoms with E-state index in [0.717, 1.165) is 44.5 Å². The van der Waals surface area contributed by atoms with Crippen LogP contribution in [0.3, 0.4) is 0 Å². The number of aromatic amines is 1. The van der Waals surface area contributed by atoms with E-state index in [1.54, 1.807) is 0 Å². The molecule has 2 unspecified atom stereocenters. The van der Waals surface area contributed by atoms with Crippen molar-refractivity contribution in [1.29, 1.82) is 0 Å². The van der Waals surface area contributed by atoms with Crippen LogP contribution in [0.25, 0.3) is 32.3 Å². The second-order valence-electron chi connectivity index (χ2n) is 10.5. The highest BCUT2D eigenvalue weighted by atomic mass is 31.2. The minimum atomic E-state index is -3.93. The molecule has 2 fully saturated rings. The summed E-state index contributed by atoms with van der Waals surface area (Å²) in [7, 11) is -2.48. The summed E-state index contributed by atoms with van der Waals surface area (Å²) in [4.78, 5) is 37.9. The minimum absolute atomic E-state index is 0.00406. The molecule has 2 bridgehead atoms. The molecule has 2 aliphatic rings. The van der Waals surface area contributed by atoms with E-state index in [9.17, 15) is 19.0 Å². The lowest BCUT2D eigenvalue weighted by Crippen LogP contribution is -2.46. The van der Waals surface area contributed by atoms with E-state index in [1.165, 1.54) is 17.9 Å². The molecule has 1 aromatic heterocycles. The fraction of sp³-hybridized carbons (Fsp3) is 0.267. The van der Waals surface area contributed by atoms with Crippen LogP contribution in [0.15, 0.2) is 70.4 Å². The van der Waals surface area contributed by atoms with Gasteiger partial charge in [-0.25, -0.2) is 4.79 Å². The lowest BCUT2D eigenvalue weighted by molar-refractivity contribution is -0.190. The van der Waals surface area contributed by atoms with Gasteiger partial charge in [0, 0.05) is 25.5 Å². The van der Waals surface area contributed by atoms with Gasteiger partial charge in [0.25, 0.3) is 5.56 Å². The molecule has 208 valence electrons. The Balaban J connectivity index is 1.30. The highest BCUT2D eigenvalue weighted by Crippen LogP contribution is 2.52. The Bertz CT molecular complexity index is 2050. The Morgan fingerprint density at radius 1 is 1.05 bits per heavy atom. The summed E-state index contributed by atoms with van der Waals surface area (Å²) in [6.07, 6.45) is -1.60. The van der Waals surface area contributed by atoms with Gasteiger partial charge in [-0.2, -0.15) is 0 Å². The van der Waals surface area contributed by atoms with Gasteiger partial charge >= 0.3 is 13.3 Å². The number of nitrogens with one attached hydrogen (secondary N) is 1. The minimum Gasteiger partial charge on any atom is -0.381 e. The third-order valence-corrected chi connectivity index (χ3v) is 8.39. The number of aromatic nitrogens is 2. The van der Waals surface area contributed by atoms with Gasteiger partial charge in [-0.1, -0.05) is 60.4 Å². The van der Waals surface area contributed by atoms with Gasteiger partial charge < -0.3 is 19.1 Å². The molecule has 7 rings (SSSR count). The van der Waals surface area contributed by atoms with Gasteiger partial charge in [-0.15, -0.1) is 0 Å². The zero-order valence-electron chi connectivity index (χ0n) is 22.1. The molecule has 0 amide bonds. The van der Waals surface area contributed by atoms with E-state index in [2.05, 4.69) is 47.2 Å². The number of H-pyrrole nitrogens is 1. The topological polar surface area (TPSA) is 129 Å². The SMILES string of the molecule is COC[C@@]12COC([C@H](n3cc(C#Cc4ccc5ccc6cccc7ccc4c5c67)c(=O)[nH]c3=O)O1)[C@H]2OP(C)(=O)O. The van der Waals surface area contributed by atoms with Crippen LogP contribution in [-0.4, -0.2) is 59.2 Å². The van der Waals surface area contributed by atoms with E-state index >= 15 is 0 Å². The Labute approximate surface area is 233 Å². The maximum Gasteiger partial charge on any atom is 0.330 e. The molecule has 10 nitrogen and oxygen atoms in total. The molecule has 0 saturated carbocycles. The van der Waals surface area contributed by atoms with Crippen molar-refractivity contribution < 1.29 is 28.2 Å². The second-order valence-corrected chi connectivity index (χ2v) is 12.4. The normalized spacial score (nSPS) is 25.1. The fourth-order valence-corrected chi connectivity index (χ4v) is 6.81. The Morgan fingerprint density at radius 2 is 1.73 bits per heavy atom. The number of benzene rings is 4. The average molecular weight is 573 g/mol. The second kappa shape index (κ2) is 9.36. The van der Waals surface area contributed by atoms with Gasteiger partial charge in [0.1, 0.15) is 23.4 Å². The summed E-state index contributed by atoms with van der Waals surface area (Å²) in [5.74, 6) is 6.06. The molecule has 4 aromatic carbocycles. The summed E-state index contributed by atoms with van der Waals surface area (Å²) in [6, 6.07) is 18.4. The molecule has 0 aliphatic carbocycles. The molecular formula is C30H25N2O8P. The van der Waals surface area contributed by atoms with Crippen LogP contribution in [0, 0.1) is 11.8 Å². The standard InChI is InChI=1S/C30H25N2O8P/c1-37-15-30-16-38-25(26(30)40-41(2,35)36)28(39-30)32-14-21(27(33)31-29(32)34)11-7-17-6-8-20-10-9-18-4-3-5-19-12-13-22(17)24(20)23(18)19/h3-6,8-10,12-14,25-26,28H,15-16H2,1-2H3,(H,35,36)(H,31,33,34)/t25?,26-,28-,30+/m1/s1. The molecule has 5 aromatic rings. The van der Waals surface area contributed by atoms with E-state index < -0.39 is 42.9 Å². The van der Waals surface area contributed by atoms with Crippen LogP contribution in [0.4, 0.5) is 0 Å². The van der Waals surface area contributed by atoms with Crippen molar-refractivity contribution in [2.24, 2.45) is 0 Å². The molecule has 2 saturated heterocycles. The fourth-order valence-electron chi connectivity index (χ4n) is 6.07. The first kappa shape index (κ1) is 26.1. The average Bonchev–Trinajstić information content (AvgIpc) is 3.41. The Kier molecular flexibility index (Phi) is 5.96. The number of methoxy groups -OCH3 is 1. The third-order valence-electron chi connectivity index (χ3n) is 7.77. The van der Waals surface area contributed by atoms with Gasteiger partial charge in [-0.3, -0.25) is 23.4 Å². The van der Waals surface area contributed by atoms with Crippen molar-refractivity contribution in [2.45, 2.75) is 24.0 Å². The molecule has 0 spiro atoms. The summed E-state index contributed by atoms with van der Waals surface area (Å²) in [5.41, 5.74) is -1.81. The van der Waals surface area contributed by atoms with Crippen molar-refractivity contribution in [2.75, 3.05) is 27.0 Å². The molecule has 11 heteroatoms. The van der Waals surface area contributed by atoms with Crippen LogP contribution in [0.5, 0.6) is 0 Å². The van der Waals surface area contributed by atoms with Crippen molar-refractivity contribution in [3.8, 4) is 11.8 Å². The number of rotatable bonds is 5. The van der Waals surface area contributed by atoms with E-state index in [0.29, 0.717) is 0 Å². The maximum absolute atomic E-state index is 12.9. The molecule has 5 atom stereocenters. The summed E-state index contributed by atoms with van der Waals surface area (Å²) in [6.45, 7) is 1.12. The van der Waals surface area contributed by atoms with Crippen molar-refractivity contribution in [3.05, 3.63) is 92.8 Å². The highest BCUT2D eigenvalue weighted by Gasteiger charge is 2.64. The summed E-state index contributed by atoms with van der Waals surface area (Å²) >= 11 is 0. The van der Waals surface area contributed by atoms with E-state index in [1.807, 2.05) is 24.3 Å². The van der Waals surface area contributed by atoms with Gasteiger partial charge in [-0.05, 0) is 38.4 Å². The van der Waals surface area contributed by atoms with E-state index in [4.69, 9.17) is 18.7 Å². The Hall–Kier alpha value is -3.81. The molecule has 41 heavy (non-hydrogen) atoms. The van der Waals surface area contributed by atoms with Gasteiger partial charge in [0.15, 0.2) is 6.23 Å². The quantitative estimate of drug-likeness (QED) is 0.186. The van der Waals surface area contributed by atoms with Crippen LogP contribution >= 0.6 is 7.60 Å². The molecule has 2 aliphatic heterocycles. The number of hydrogen-bond donors (Lipinski definition) is 2. The zero-order chi connectivity index (χ0) is 28.5. The van der Waals surface area contributed by atoms with Crippen LogP contribution in [0.2, 0.25) is 0 Å². The smallest absolute Gasteiger partial charge is 0.330 e. The molecule has 3 heterocycles. The predicted octanol–water partition coefficient (Wildman–Crippen LogP) is 3.35. The van der Waals surface area contributed by atoms with Gasteiger partial charge in [0.05, 0.1) is 13.2 Å². The molecule has 2 N–H and O–H groups in total. The maximum atomic E-state index is 12.9. The highest BCUT2D eigenvalue weighted by molar-refractivity contribution is 7.51. The molecular weight excluding hydrogens is 547 g/mol. The monoisotopic (exact) mass is 572 g/mol. The number of ether oxygens (including phenoxy) is 3. The first-order chi connectivity index (χ1) is 19.7. The van der Waals surface area contributed by atoms with Crippen LogP contribution in [-0.2, 0) is 23.3 Å². The van der Waals surface area contributed by atoms with Crippen LogP contribution < -0.4 is 11.2 Å².